The first kappa shape index (κ1) is 11.7. The lowest BCUT2D eigenvalue weighted by Gasteiger charge is -2.13. The molecule has 1 aliphatic heterocycles. The van der Waals surface area contributed by atoms with Crippen molar-refractivity contribution >= 4 is 11.7 Å². The van der Waals surface area contributed by atoms with Gasteiger partial charge in [-0.05, 0) is 11.6 Å². The van der Waals surface area contributed by atoms with Crippen molar-refractivity contribution in [2.24, 2.45) is 0 Å². The third kappa shape index (κ3) is 2.03. The fraction of sp³-hybridized carbons (Fsp3) is 0.125. The third-order valence-electron chi connectivity index (χ3n) is 3.42. The molecule has 3 heteroatoms. The first-order valence-corrected chi connectivity index (χ1v) is 6.24. The van der Waals surface area contributed by atoms with Crippen molar-refractivity contribution < 1.29 is 9.59 Å². The van der Waals surface area contributed by atoms with E-state index in [9.17, 15) is 9.59 Å². The molecule has 1 unspecified atom stereocenters. The van der Waals surface area contributed by atoms with E-state index in [-0.39, 0.29) is 17.6 Å². The zero-order valence-corrected chi connectivity index (χ0v) is 10.3. The van der Waals surface area contributed by atoms with E-state index in [0.717, 1.165) is 5.56 Å². The summed E-state index contributed by atoms with van der Waals surface area (Å²) in [6.07, 6.45) is 0. The van der Waals surface area contributed by atoms with Crippen LogP contribution < -0.4 is 5.32 Å². The average Bonchev–Trinajstić information content (AvgIpc) is 2.59. The van der Waals surface area contributed by atoms with Crippen LogP contribution in [-0.2, 0) is 0 Å². The van der Waals surface area contributed by atoms with E-state index in [2.05, 4.69) is 5.32 Å². The lowest BCUT2D eigenvalue weighted by atomic mass is 9.90. The molecule has 2 aromatic carbocycles. The largest absolute Gasteiger partial charge is 0.351 e. The molecule has 0 fully saturated rings. The molecule has 19 heavy (non-hydrogen) atoms. The molecule has 0 aromatic heterocycles. The lowest BCUT2D eigenvalue weighted by Crippen LogP contribution is -2.27. The Morgan fingerprint density at radius 1 is 0.842 bits per heavy atom. The highest BCUT2D eigenvalue weighted by Gasteiger charge is 2.29. The molecule has 0 spiro atoms. The van der Waals surface area contributed by atoms with Crippen LogP contribution in [0.4, 0.5) is 0 Å². The van der Waals surface area contributed by atoms with Gasteiger partial charge in [0.25, 0.3) is 5.91 Å². The van der Waals surface area contributed by atoms with E-state index >= 15 is 0 Å². The maximum atomic E-state index is 12.6. The topological polar surface area (TPSA) is 46.2 Å². The summed E-state index contributed by atoms with van der Waals surface area (Å²) < 4.78 is 0. The minimum absolute atomic E-state index is 0.000139. The maximum absolute atomic E-state index is 12.6. The van der Waals surface area contributed by atoms with Crippen LogP contribution in [0, 0.1) is 0 Å². The van der Waals surface area contributed by atoms with E-state index in [0.29, 0.717) is 17.7 Å². The average molecular weight is 251 g/mol. The van der Waals surface area contributed by atoms with Gasteiger partial charge in [-0.2, -0.15) is 0 Å². The van der Waals surface area contributed by atoms with Crippen LogP contribution in [0.5, 0.6) is 0 Å². The molecule has 0 bridgehead atoms. The number of carbonyl (C=O) groups is 2. The summed E-state index contributed by atoms with van der Waals surface area (Å²) in [4.78, 5) is 24.6. The van der Waals surface area contributed by atoms with Crippen LogP contribution in [0.3, 0.4) is 0 Å². The summed E-state index contributed by atoms with van der Waals surface area (Å²) in [6, 6.07) is 16.5. The first-order valence-electron chi connectivity index (χ1n) is 6.24. The number of amides is 1. The summed E-state index contributed by atoms with van der Waals surface area (Å²) >= 11 is 0. The fourth-order valence-corrected chi connectivity index (χ4v) is 2.42. The summed E-state index contributed by atoms with van der Waals surface area (Å²) in [5.74, 6) is -0.490. The van der Waals surface area contributed by atoms with Gasteiger partial charge in [0.1, 0.15) is 0 Å². The Bertz CT molecular complexity index is 634. The summed E-state index contributed by atoms with van der Waals surface area (Å²) in [6.45, 7) is 0.344. The number of benzene rings is 2. The molecular weight excluding hydrogens is 238 g/mol. The van der Waals surface area contributed by atoms with Gasteiger partial charge in [0.15, 0.2) is 5.78 Å². The number of Topliss-reactive ketones (excluding diaryl/α,β-unsaturated/α-hetero) is 1. The number of hydrogen-bond acceptors (Lipinski definition) is 2. The molecule has 0 saturated heterocycles. The zero-order valence-electron chi connectivity index (χ0n) is 10.3. The molecule has 1 amide bonds. The Labute approximate surface area is 111 Å². The lowest BCUT2D eigenvalue weighted by molar-refractivity contribution is 0.0952. The second-order valence-corrected chi connectivity index (χ2v) is 4.58. The van der Waals surface area contributed by atoms with E-state index in [1.54, 1.807) is 24.3 Å². The molecule has 2 aromatic rings. The predicted molar refractivity (Wildman–Crippen MR) is 72.3 cm³/mol. The number of nitrogens with one attached hydrogen (secondary N) is 1. The normalized spacial score (nSPS) is 18.4. The van der Waals surface area contributed by atoms with Gasteiger partial charge >= 0.3 is 0 Å². The van der Waals surface area contributed by atoms with Crippen molar-refractivity contribution in [3.63, 3.8) is 0 Å². The maximum Gasteiger partial charge on any atom is 0.252 e. The van der Waals surface area contributed by atoms with Crippen LogP contribution in [0.25, 0.3) is 0 Å². The smallest absolute Gasteiger partial charge is 0.252 e. The molecule has 94 valence electrons. The molecular formula is C16H13NO2. The van der Waals surface area contributed by atoms with Gasteiger partial charge in [-0.3, -0.25) is 9.59 Å². The van der Waals surface area contributed by atoms with Gasteiger partial charge in [0.2, 0.25) is 0 Å². The minimum atomic E-state index is -0.311. The number of hydrogen-bond donors (Lipinski definition) is 1. The van der Waals surface area contributed by atoms with Crippen LogP contribution >= 0.6 is 0 Å². The third-order valence-corrected chi connectivity index (χ3v) is 3.42. The number of fused-ring (bicyclic) bond motifs is 1. The molecule has 0 aliphatic carbocycles. The number of carbonyl (C=O) groups excluding carboxylic acids is 2. The highest BCUT2D eigenvalue weighted by molar-refractivity contribution is 6.12. The SMILES string of the molecule is O=C1NCC(c2ccccc2)C(=O)c2ccccc21. The van der Waals surface area contributed by atoms with Crippen molar-refractivity contribution in [3.8, 4) is 0 Å². The van der Waals surface area contributed by atoms with Crippen LogP contribution in [0.15, 0.2) is 54.6 Å². The van der Waals surface area contributed by atoms with E-state index in [4.69, 9.17) is 0 Å². The first-order chi connectivity index (χ1) is 9.27. The highest BCUT2D eigenvalue weighted by atomic mass is 16.2. The summed E-state index contributed by atoms with van der Waals surface area (Å²) in [7, 11) is 0. The van der Waals surface area contributed by atoms with E-state index < -0.39 is 0 Å². The van der Waals surface area contributed by atoms with Crippen molar-refractivity contribution in [2.75, 3.05) is 6.54 Å². The predicted octanol–water partition coefficient (Wildman–Crippen LogP) is 2.40. The van der Waals surface area contributed by atoms with Gasteiger partial charge in [0.05, 0.1) is 11.5 Å². The van der Waals surface area contributed by atoms with Gasteiger partial charge in [-0.15, -0.1) is 0 Å². The van der Waals surface area contributed by atoms with Crippen molar-refractivity contribution in [2.45, 2.75) is 5.92 Å². The van der Waals surface area contributed by atoms with E-state index in [1.807, 2.05) is 30.3 Å². The minimum Gasteiger partial charge on any atom is -0.351 e. The standard InChI is InChI=1S/C16H13NO2/c18-15-12-8-4-5-9-13(12)16(19)17-10-14(15)11-6-2-1-3-7-11/h1-9,14H,10H2,(H,17,19). The van der Waals surface area contributed by atoms with Crippen molar-refractivity contribution in [1.82, 2.24) is 5.32 Å². The summed E-state index contributed by atoms with van der Waals surface area (Å²) in [5, 5.41) is 2.82. The molecule has 1 aliphatic rings. The Morgan fingerprint density at radius 3 is 2.21 bits per heavy atom. The van der Waals surface area contributed by atoms with Gasteiger partial charge < -0.3 is 5.32 Å². The molecule has 0 radical (unpaired) electrons. The quantitative estimate of drug-likeness (QED) is 0.846. The van der Waals surface area contributed by atoms with Gasteiger partial charge in [0, 0.05) is 12.1 Å². The van der Waals surface area contributed by atoms with Crippen LogP contribution in [-0.4, -0.2) is 18.2 Å². The molecule has 1 heterocycles. The van der Waals surface area contributed by atoms with E-state index in [1.165, 1.54) is 0 Å². The Kier molecular flexibility index (Phi) is 2.88. The fourth-order valence-electron chi connectivity index (χ4n) is 2.42. The monoisotopic (exact) mass is 251 g/mol. The number of rotatable bonds is 1. The highest BCUT2D eigenvalue weighted by Crippen LogP contribution is 2.25. The van der Waals surface area contributed by atoms with Crippen molar-refractivity contribution in [1.29, 1.82) is 0 Å². The number of ketones is 1. The Hall–Kier alpha value is -2.42. The molecule has 1 atom stereocenters. The Morgan fingerprint density at radius 2 is 1.47 bits per heavy atom. The molecule has 0 saturated carbocycles. The van der Waals surface area contributed by atoms with Gasteiger partial charge in [-0.1, -0.05) is 48.5 Å². The van der Waals surface area contributed by atoms with Crippen LogP contribution in [0.1, 0.15) is 32.2 Å². The second kappa shape index (κ2) is 4.69. The Balaban J connectivity index is 2.08. The molecule has 3 nitrogen and oxygen atoms in total. The summed E-state index contributed by atoms with van der Waals surface area (Å²) in [5.41, 5.74) is 1.90. The molecule has 3 rings (SSSR count). The molecule has 1 N–H and O–H groups in total. The van der Waals surface area contributed by atoms with Gasteiger partial charge in [-0.25, -0.2) is 0 Å². The zero-order chi connectivity index (χ0) is 13.2. The van der Waals surface area contributed by atoms with Crippen molar-refractivity contribution in [3.05, 3.63) is 71.3 Å². The second-order valence-electron chi connectivity index (χ2n) is 4.58. The van der Waals surface area contributed by atoms with Crippen LogP contribution in [0.2, 0.25) is 0 Å².